The van der Waals surface area contributed by atoms with Crippen LogP contribution in [-0.2, 0) is 0 Å². The predicted molar refractivity (Wildman–Crippen MR) is 75.6 cm³/mol. The van der Waals surface area contributed by atoms with Crippen molar-refractivity contribution in [2.45, 2.75) is 45.6 Å². The molecule has 1 heterocycles. The fourth-order valence-electron chi connectivity index (χ4n) is 2.56. The van der Waals surface area contributed by atoms with Crippen LogP contribution in [0.15, 0.2) is 12.3 Å². The van der Waals surface area contributed by atoms with Crippen molar-refractivity contribution in [3.05, 3.63) is 27.4 Å². The van der Waals surface area contributed by atoms with Crippen LogP contribution in [0, 0.1) is 15.5 Å². The minimum Gasteiger partial charge on any atom is -0.366 e. The molecule has 1 unspecified atom stereocenters. The Labute approximate surface area is 117 Å². The molecule has 0 bridgehead atoms. The van der Waals surface area contributed by atoms with E-state index in [4.69, 9.17) is 11.6 Å². The first-order valence-corrected chi connectivity index (χ1v) is 6.84. The van der Waals surface area contributed by atoms with Crippen LogP contribution in [0.5, 0.6) is 0 Å². The number of rotatable bonds is 3. The van der Waals surface area contributed by atoms with Crippen LogP contribution >= 0.6 is 11.6 Å². The van der Waals surface area contributed by atoms with Gasteiger partial charge in [0.2, 0.25) is 0 Å². The molecular formula is C13H18ClN3O2. The molecule has 1 aliphatic rings. The van der Waals surface area contributed by atoms with Gasteiger partial charge in [-0.1, -0.05) is 38.3 Å². The third-order valence-electron chi connectivity index (χ3n) is 3.86. The van der Waals surface area contributed by atoms with E-state index in [1.807, 2.05) is 0 Å². The van der Waals surface area contributed by atoms with Gasteiger partial charge >= 0.3 is 0 Å². The van der Waals surface area contributed by atoms with Gasteiger partial charge in [0.25, 0.3) is 5.69 Å². The van der Waals surface area contributed by atoms with E-state index in [1.54, 1.807) is 0 Å². The van der Waals surface area contributed by atoms with Crippen LogP contribution in [0.2, 0.25) is 5.02 Å². The molecule has 0 aliphatic heterocycles. The fourth-order valence-corrected chi connectivity index (χ4v) is 2.78. The lowest BCUT2D eigenvalue weighted by Crippen LogP contribution is -2.39. The number of pyridine rings is 1. The van der Waals surface area contributed by atoms with Gasteiger partial charge in [-0.15, -0.1) is 0 Å². The quantitative estimate of drug-likeness (QED) is 0.672. The minimum absolute atomic E-state index is 0.0848. The Hall–Kier alpha value is -1.36. The molecule has 1 fully saturated rings. The van der Waals surface area contributed by atoms with Crippen LogP contribution in [0.1, 0.15) is 39.5 Å². The van der Waals surface area contributed by atoms with Crippen LogP contribution in [-0.4, -0.2) is 15.9 Å². The van der Waals surface area contributed by atoms with Gasteiger partial charge in [-0.2, -0.15) is 0 Å². The second kappa shape index (κ2) is 5.33. The molecule has 0 amide bonds. The second-order valence-corrected chi connectivity index (χ2v) is 6.12. The lowest BCUT2D eigenvalue weighted by Gasteiger charge is -2.39. The van der Waals surface area contributed by atoms with E-state index in [0.29, 0.717) is 16.9 Å². The Morgan fingerprint density at radius 3 is 2.84 bits per heavy atom. The Morgan fingerprint density at radius 2 is 2.26 bits per heavy atom. The van der Waals surface area contributed by atoms with Crippen molar-refractivity contribution in [2.24, 2.45) is 5.41 Å². The molecule has 0 aromatic carbocycles. The molecule has 1 N–H and O–H groups in total. The van der Waals surface area contributed by atoms with Gasteiger partial charge in [0.15, 0.2) is 0 Å². The summed E-state index contributed by atoms with van der Waals surface area (Å²) in [7, 11) is 0. The van der Waals surface area contributed by atoms with E-state index in [1.165, 1.54) is 25.1 Å². The van der Waals surface area contributed by atoms with Gasteiger partial charge in [-0.3, -0.25) is 10.1 Å². The zero-order valence-electron chi connectivity index (χ0n) is 11.1. The standard InChI is InChI=1S/C13H18ClN3O2/c1-13(2)6-4-3-5-11(13)16-12-10(14)7-9(8-15-12)17(18)19/h7-8,11H,3-6H2,1-2H3,(H,15,16). The number of nitrogens with one attached hydrogen (secondary N) is 1. The fraction of sp³-hybridized carbons (Fsp3) is 0.615. The van der Waals surface area contributed by atoms with Crippen molar-refractivity contribution < 1.29 is 4.92 Å². The molecule has 1 aliphatic carbocycles. The SMILES string of the molecule is CC1(C)CCCCC1Nc1ncc([N+](=O)[O-])cc1Cl. The molecule has 5 nitrogen and oxygen atoms in total. The molecule has 104 valence electrons. The summed E-state index contributed by atoms with van der Waals surface area (Å²) in [4.78, 5) is 14.2. The average molecular weight is 284 g/mol. The van der Waals surface area contributed by atoms with Gasteiger partial charge in [0.05, 0.1) is 9.95 Å². The zero-order valence-corrected chi connectivity index (χ0v) is 11.9. The number of aromatic nitrogens is 1. The maximum atomic E-state index is 10.6. The van der Waals surface area contributed by atoms with Crippen molar-refractivity contribution in [3.8, 4) is 0 Å². The maximum absolute atomic E-state index is 10.6. The Balaban J connectivity index is 2.17. The third-order valence-corrected chi connectivity index (χ3v) is 4.14. The van der Waals surface area contributed by atoms with Gasteiger partial charge < -0.3 is 5.32 Å². The van der Waals surface area contributed by atoms with Crippen molar-refractivity contribution in [1.29, 1.82) is 0 Å². The van der Waals surface area contributed by atoms with Crippen molar-refractivity contribution in [2.75, 3.05) is 5.32 Å². The molecule has 0 spiro atoms. The third kappa shape index (κ3) is 3.15. The Bertz CT molecular complexity index is 491. The highest BCUT2D eigenvalue weighted by molar-refractivity contribution is 6.33. The molecular weight excluding hydrogens is 266 g/mol. The normalized spacial score (nSPS) is 21.9. The molecule has 2 rings (SSSR count). The van der Waals surface area contributed by atoms with Crippen molar-refractivity contribution >= 4 is 23.1 Å². The second-order valence-electron chi connectivity index (χ2n) is 5.71. The minimum atomic E-state index is -0.493. The monoisotopic (exact) mass is 283 g/mol. The molecule has 1 aromatic heterocycles. The van der Waals surface area contributed by atoms with Crippen molar-refractivity contribution in [3.63, 3.8) is 0 Å². The van der Waals surface area contributed by atoms with Crippen molar-refractivity contribution in [1.82, 2.24) is 4.98 Å². The summed E-state index contributed by atoms with van der Waals surface area (Å²) >= 11 is 6.06. The molecule has 1 saturated carbocycles. The first-order valence-electron chi connectivity index (χ1n) is 6.46. The number of hydrogen-bond donors (Lipinski definition) is 1. The van der Waals surface area contributed by atoms with Crippen LogP contribution < -0.4 is 5.32 Å². The zero-order chi connectivity index (χ0) is 14.0. The molecule has 0 saturated heterocycles. The molecule has 19 heavy (non-hydrogen) atoms. The highest BCUT2D eigenvalue weighted by Crippen LogP contribution is 2.38. The molecule has 0 radical (unpaired) electrons. The summed E-state index contributed by atoms with van der Waals surface area (Å²) in [6, 6.07) is 1.64. The van der Waals surface area contributed by atoms with E-state index in [-0.39, 0.29) is 11.1 Å². The highest BCUT2D eigenvalue weighted by atomic mass is 35.5. The smallest absolute Gasteiger partial charge is 0.289 e. The summed E-state index contributed by atoms with van der Waals surface area (Å²) in [6.07, 6.45) is 5.90. The molecule has 1 aromatic rings. The Kier molecular flexibility index (Phi) is 3.94. The van der Waals surface area contributed by atoms with Crippen LogP contribution in [0.25, 0.3) is 0 Å². The summed E-state index contributed by atoms with van der Waals surface area (Å²) in [6.45, 7) is 4.45. The lowest BCUT2D eigenvalue weighted by atomic mass is 9.73. The number of nitro groups is 1. The van der Waals surface area contributed by atoms with E-state index in [9.17, 15) is 10.1 Å². The Morgan fingerprint density at radius 1 is 1.53 bits per heavy atom. The van der Waals surface area contributed by atoms with Gasteiger partial charge in [0, 0.05) is 12.1 Å². The van der Waals surface area contributed by atoms with E-state index in [0.717, 1.165) is 12.8 Å². The summed E-state index contributed by atoms with van der Waals surface area (Å²) in [5.41, 5.74) is 0.101. The maximum Gasteiger partial charge on any atom is 0.289 e. The number of nitrogens with zero attached hydrogens (tertiary/aromatic N) is 2. The van der Waals surface area contributed by atoms with Gasteiger partial charge in [-0.05, 0) is 18.3 Å². The summed E-state index contributed by atoms with van der Waals surface area (Å²) < 4.78 is 0. The first kappa shape index (κ1) is 14.1. The van der Waals surface area contributed by atoms with Gasteiger partial charge in [-0.25, -0.2) is 4.98 Å². The van der Waals surface area contributed by atoms with Crippen LogP contribution in [0.3, 0.4) is 0 Å². The lowest BCUT2D eigenvalue weighted by molar-refractivity contribution is -0.385. The average Bonchev–Trinajstić information content (AvgIpc) is 2.33. The predicted octanol–water partition coefficient (Wildman–Crippen LogP) is 4.02. The topological polar surface area (TPSA) is 68.1 Å². The number of halogens is 1. The number of anilines is 1. The van der Waals surface area contributed by atoms with Gasteiger partial charge in [0.1, 0.15) is 12.0 Å². The van der Waals surface area contributed by atoms with E-state index in [2.05, 4.69) is 24.1 Å². The van der Waals surface area contributed by atoms with E-state index < -0.39 is 4.92 Å². The van der Waals surface area contributed by atoms with Crippen LogP contribution in [0.4, 0.5) is 11.5 Å². The highest BCUT2D eigenvalue weighted by Gasteiger charge is 2.32. The molecule has 6 heteroatoms. The summed E-state index contributed by atoms with van der Waals surface area (Å²) in [5, 5.41) is 14.3. The van der Waals surface area contributed by atoms with E-state index >= 15 is 0 Å². The summed E-state index contributed by atoms with van der Waals surface area (Å²) in [5.74, 6) is 0.534. The number of hydrogen-bond acceptors (Lipinski definition) is 4. The largest absolute Gasteiger partial charge is 0.366 e. The first-order chi connectivity index (χ1) is 8.90. The molecule has 1 atom stereocenters.